The van der Waals surface area contributed by atoms with E-state index in [1.807, 2.05) is 4.57 Å². The minimum absolute atomic E-state index is 0.0707. The number of benzene rings is 1. The topological polar surface area (TPSA) is 70.6 Å². The maximum absolute atomic E-state index is 13.5. The lowest BCUT2D eigenvalue weighted by Gasteiger charge is -2.31. The van der Waals surface area contributed by atoms with Crippen molar-refractivity contribution < 1.29 is 4.39 Å². The van der Waals surface area contributed by atoms with E-state index < -0.39 is 0 Å². The third-order valence-corrected chi connectivity index (χ3v) is 6.10. The maximum Gasteiger partial charge on any atom is 0.202 e. The molecule has 0 spiro atoms. The van der Waals surface area contributed by atoms with Gasteiger partial charge in [0.25, 0.3) is 0 Å². The number of aromatic nitrogens is 4. The van der Waals surface area contributed by atoms with Crippen LogP contribution in [0.15, 0.2) is 52.8 Å². The van der Waals surface area contributed by atoms with Gasteiger partial charge in [0.15, 0.2) is 5.82 Å². The van der Waals surface area contributed by atoms with Crippen LogP contribution in [0.25, 0.3) is 5.69 Å². The van der Waals surface area contributed by atoms with E-state index >= 15 is 0 Å². The summed E-state index contributed by atoms with van der Waals surface area (Å²) in [6.07, 6.45) is 5.26. The number of nitrogens with zero attached hydrogens (tertiary/aromatic N) is 6. The van der Waals surface area contributed by atoms with E-state index in [9.17, 15) is 9.65 Å². The van der Waals surface area contributed by atoms with Crippen LogP contribution in [0.3, 0.4) is 0 Å². The number of hydrogen-bond donors (Lipinski definition) is 0. The van der Waals surface area contributed by atoms with Crippen LogP contribution in [-0.2, 0) is 0 Å². The Morgan fingerprint density at radius 3 is 2.59 bits per heavy atom. The first-order valence-electron chi connectivity index (χ1n) is 9.65. The summed E-state index contributed by atoms with van der Waals surface area (Å²) in [5.41, 5.74) is 1.27. The Morgan fingerprint density at radius 2 is 1.86 bits per heavy atom. The molecule has 4 rings (SSSR count). The van der Waals surface area contributed by atoms with Crippen LogP contribution in [0.1, 0.15) is 43.6 Å². The second-order valence-corrected chi connectivity index (χ2v) is 7.95. The third-order valence-electron chi connectivity index (χ3n) is 5.13. The molecule has 6 nitrogen and oxygen atoms in total. The van der Waals surface area contributed by atoms with Crippen LogP contribution in [0, 0.1) is 17.1 Å². The zero-order chi connectivity index (χ0) is 20.2. The lowest BCUT2D eigenvalue weighted by atomic mass is 10.1. The minimum atomic E-state index is -0.293. The summed E-state index contributed by atoms with van der Waals surface area (Å²) in [5.74, 6) is 0.508. The van der Waals surface area contributed by atoms with Gasteiger partial charge in [-0.2, -0.15) is 5.26 Å². The van der Waals surface area contributed by atoms with E-state index in [2.05, 4.69) is 33.1 Å². The Balaban J connectivity index is 1.76. The van der Waals surface area contributed by atoms with E-state index in [1.54, 1.807) is 30.5 Å². The SMILES string of the molecule is CC(c1nnc(Sc2ncccc2C#N)n1-c1ccc(F)cc1)N1CCCCC1. The number of nitriles is 1. The third kappa shape index (κ3) is 4.16. The van der Waals surface area contributed by atoms with Crippen molar-refractivity contribution in [2.24, 2.45) is 0 Å². The molecule has 0 radical (unpaired) electrons. The van der Waals surface area contributed by atoms with Crippen LogP contribution in [-0.4, -0.2) is 37.7 Å². The molecule has 3 heterocycles. The Labute approximate surface area is 173 Å². The molecule has 2 aromatic heterocycles. The Kier molecular flexibility index (Phi) is 5.88. The largest absolute Gasteiger partial charge is 0.294 e. The van der Waals surface area contributed by atoms with E-state index in [-0.39, 0.29) is 11.9 Å². The van der Waals surface area contributed by atoms with Gasteiger partial charge in [-0.15, -0.1) is 10.2 Å². The van der Waals surface area contributed by atoms with Crippen molar-refractivity contribution >= 4 is 11.8 Å². The second-order valence-electron chi connectivity index (χ2n) is 7.00. The molecule has 29 heavy (non-hydrogen) atoms. The molecular weight excluding hydrogens is 387 g/mol. The smallest absolute Gasteiger partial charge is 0.202 e. The Hall–Kier alpha value is -2.76. The molecule has 1 aromatic carbocycles. The number of pyridine rings is 1. The molecule has 0 aliphatic carbocycles. The molecule has 0 saturated carbocycles. The molecule has 1 unspecified atom stereocenters. The average Bonchev–Trinajstić information content (AvgIpc) is 3.18. The zero-order valence-electron chi connectivity index (χ0n) is 16.1. The quantitative estimate of drug-likeness (QED) is 0.624. The van der Waals surface area contributed by atoms with E-state index in [0.29, 0.717) is 15.7 Å². The first-order valence-corrected chi connectivity index (χ1v) is 10.5. The van der Waals surface area contributed by atoms with E-state index in [4.69, 9.17) is 0 Å². The van der Waals surface area contributed by atoms with Crippen molar-refractivity contribution in [2.45, 2.75) is 42.4 Å². The predicted octanol–water partition coefficient (Wildman–Crippen LogP) is 4.37. The fourth-order valence-electron chi connectivity index (χ4n) is 3.56. The van der Waals surface area contributed by atoms with Crippen molar-refractivity contribution in [1.82, 2.24) is 24.6 Å². The number of rotatable bonds is 5. The summed E-state index contributed by atoms with van der Waals surface area (Å²) >= 11 is 1.29. The van der Waals surface area contributed by atoms with Gasteiger partial charge in [0.1, 0.15) is 16.9 Å². The summed E-state index contributed by atoms with van der Waals surface area (Å²) in [6, 6.07) is 12.0. The van der Waals surface area contributed by atoms with Gasteiger partial charge >= 0.3 is 0 Å². The average molecular weight is 409 g/mol. The number of hydrogen-bond acceptors (Lipinski definition) is 6. The van der Waals surface area contributed by atoms with Crippen molar-refractivity contribution in [2.75, 3.05) is 13.1 Å². The molecule has 1 atom stereocenters. The van der Waals surface area contributed by atoms with Gasteiger partial charge in [-0.05, 0) is 81.0 Å². The molecule has 0 bridgehead atoms. The van der Waals surface area contributed by atoms with Crippen LogP contribution < -0.4 is 0 Å². The summed E-state index contributed by atoms with van der Waals surface area (Å²) in [4.78, 5) is 6.73. The number of likely N-dealkylation sites (tertiary alicyclic amines) is 1. The highest BCUT2D eigenvalue weighted by atomic mass is 32.2. The van der Waals surface area contributed by atoms with Crippen molar-refractivity contribution in [1.29, 1.82) is 5.26 Å². The Morgan fingerprint density at radius 1 is 1.10 bits per heavy atom. The van der Waals surface area contributed by atoms with Gasteiger partial charge in [-0.1, -0.05) is 6.42 Å². The summed E-state index contributed by atoms with van der Waals surface area (Å²) in [7, 11) is 0. The summed E-state index contributed by atoms with van der Waals surface area (Å²) in [5, 5.41) is 19.5. The molecule has 3 aromatic rings. The predicted molar refractivity (Wildman–Crippen MR) is 108 cm³/mol. The number of piperidine rings is 1. The van der Waals surface area contributed by atoms with Gasteiger partial charge in [0.2, 0.25) is 5.16 Å². The first-order chi connectivity index (χ1) is 14.2. The molecular formula is C21H21FN6S. The van der Waals surface area contributed by atoms with E-state index in [0.717, 1.165) is 24.6 Å². The number of halogens is 1. The molecule has 1 saturated heterocycles. The lowest BCUT2D eigenvalue weighted by molar-refractivity contribution is 0.167. The highest BCUT2D eigenvalue weighted by Crippen LogP contribution is 2.33. The molecule has 148 valence electrons. The second kappa shape index (κ2) is 8.72. The van der Waals surface area contributed by atoms with Gasteiger partial charge < -0.3 is 0 Å². The van der Waals surface area contributed by atoms with E-state index in [1.165, 1.54) is 43.2 Å². The highest BCUT2D eigenvalue weighted by molar-refractivity contribution is 7.99. The maximum atomic E-state index is 13.5. The monoisotopic (exact) mass is 408 g/mol. The lowest BCUT2D eigenvalue weighted by Crippen LogP contribution is -2.33. The molecule has 1 fully saturated rings. The van der Waals surface area contributed by atoms with Crippen molar-refractivity contribution in [3.8, 4) is 11.8 Å². The standard InChI is InChI=1S/C21H21FN6S/c1-15(27-12-3-2-4-13-27)19-25-26-21(28(19)18-9-7-17(22)8-10-18)29-20-16(14-23)6-5-11-24-20/h5-11,15H,2-4,12-13H2,1H3. The molecule has 1 aliphatic rings. The normalized spacial score (nSPS) is 15.8. The van der Waals surface area contributed by atoms with Crippen LogP contribution in [0.5, 0.6) is 0 Å². The van der Waals surface area contributed by atoms with Gasteiger partial charge in [-0.3, -0.25) is 9.47 Å². The fourth-order valence-corrected chi connectivity index (χ4v) is 4.45. The van der Waals surface area contributed by atoms with Gasteiger partial charge in [-0.25, -0.2) is 9.37 Å². The van der Waals surface area contributed by atoms with Gasteiger partial charge in [0.05, 0.1) is 11.6 Å². The van der Waals surface area contributed by atoms with Crippen LogP contribution in [0.4, 0.5) is 4.39 Å². The minimum Gasteiger partial charge on any atom is -0.294 e. The van der Waals surface area contributed by atoms with Crippen LogP contribution in [0.2, 0.25) is 0 Å². The summed E-state index contributed by atoms with van der Waals surface area (Å²) < 4.78 is 15.5. The first kappa shape index (κ1) is 19.6. The van der Waals surface area contributed by atoms with Crippen molar-refractivity contribution in [3.05, 3.63) is 59.8 Å². The Bertz CT molecular complexity index is 1020. The summed E-state index contributed by atoms with van der Waals surface area (Å²) in [6.45, 7) is 4.18. The zero-order valence-corrected chi connectivity index (χ0v) is 16.9. The molecule has 1 aliphatic heterocycles. The molecule has 0 N–H and O–H groups in total. The highest BCUT2D eigenvalue weighted by Gasteiger charge is 2.26. The molecule has 0 amide bonds. The van der Waals surface area contributed by atoms with Crippen molar-refractivity contribution in [3.63, 3.8) is 0 Å². The fraction of sp³-hybridized carbons (Fsp3) is 0.333. The van der Waals surface area contributed by atoms with Crippen LogP contribution >= 0.6 is 11.8 Å². The molecule has 8 heteroatoms. The van der Waals surface area contributed by atoms with Gasteiger partial charge in [0, 0.05) is 11.9 Å².